The molecule has 0 spiro atoms. The molecule has 0 aliphatic heterocycles. The summed E-state index contributed by atoms with van der Waals surface area (Å²) in [5, 5.41) is 11.2. The van der Waals surface area contributed by atoms with Gasteiger partial charge in [0.25, 0.3) is 0 Å². The average Bonchev–Trinajstić information content (AvgIpc) is 2.80. The van der Waals surface area contributed by atoms with Crippen LogP contribution in [0, 0.1) is 5.82 Å². The van der Waals surface area contributed by atoms with Gasteiger partial charge in [-0.1, -0.05) is 23.9 Å². The molecule has 1 heterocycles. The van der Waals surface area contributed by atoms with Crippen LogP contribution in [-0.2, 0) is 11.8 Å². The predicted molar refractivity (Wildman–Crippen MR) is 85.0 cm³/mol. The van der Waals surface area contributed by atoms with Crippen LogP contribution in [-0.4, -0.2) is 32.0 Å². The second-order valence-electron chi connectivity index (χ2n) is 5.27. The Morgan fingerprint density at radius 3 is 2.59 bits per heavy atom. The van der Waals surface area contributed by atoms with E-state index in [-0.39, 0.29) is 23.0 Å². The van der Waals surface area contributed by atoms with E-state index in [2.05, 4.69) is 15.5 Å². The Labute approximate surface area is 133 Å². The number of aromatic nitrogens is 3. The monoisotopic (exact) mass is 322 g/mol. The number of carbonyl (C=O) groups is 1. The molecule has 5 nitrogen and oxygen atoms in total. The lowest BCUT2D eigenvalue weighted by atomic mass is 10.2. The third-order valence-corrected chi connectivity index (χ3v) is 4.17. The van der Waals surface area contributed by atoms with Crippen molar-refractivity contribution in [1.82, 2.24) is 20.1 Å². The molecule has 0 fully saturated rings. The van der Waals surface area contributed by atoms with Crippen molar-refractivity contribution in [1.29, 1.82) is 0 Å². The van der Waals surface area contributed by atoms with E-state index in [1.54, 1.807) is 36.7 Å². The minimum atomic E-state index is -0.347. The van der Waals surface area contributed by atoms with Crippen molar-refractivity contribution >= 4 is 17.7 Å². The maximum Gasteiger partial charge on any atom is 0.233 e. The molecule has 0 radical (unpaired) electrons. The highest BCUT2D eigenvalue weighted by atomic mass is 32.2. The number of thioether (sulfide) groups is 1. The van der Waals surface area contributed by atoms with Crippen LogP contribution in [0.25, 0.3) is 11.4 Å². The molecular formula is C15H19FN4OS. The first-order valence-corrected chi connectivity index (χ1v) is 7.89. The summed E-state index contributed by atoms with van der Waals surface area (Å²) in [7, 11) is 1.76. The molecular weight excluding hydrogens is 303 g/mol. The number of hydrogen-bond donors (Lipinski definition) is 1. The first-order chi connectivity index (χ1) is 10.4. The van der Waals surface area contributed by atoms with Gasteiger partial charge in [-0.15, -0.1) is 10.2 Å². The molecule has 0 bridgehead atoms. The molecule has 1 aromatic heterocycles. The summed E-state index contributed by atoms with van der Waals surface area (Å²) in [6, 6.07) is 6.50. The number of nitrogens with one attached hydrogen (secondary N) is 1. The van der Waals surface area contributed by atoms with Crippen LogP contribution in [0.3, 0.4) is 0 Å². The van der Waals surface area contributed by atoms with Gasteiger partial charge in [-0.25, -0.2) is 4.39 Å². The van der Waals surface area contributed by atoms with Gasteiger partial charge in [0.2, 0.25) is 5.91 Å². The van der Waals surface area contributed by atoms with Gasteiger partial charge in [-0.05, 0) is 32.9 Å². The van der Waals surface area contributed by atoms with Crippen LogP contribution in [0.1, 0.15) is 20.8 Å². The van der Waals surface area contributed by atoms with Gasteiger partial charge >= 0.3 is 0 Å². The summed E-state index contributed by atoms with van der Waals surface area (Å²) in [6.07, 6.45) is 0. The van der Waals surface area contributed by atoms with E-state index in [1.165, 1.54) is 17.8 Å². The summed E-state index contributed by atoms with van der Waals surface area (Å²) >= 11 is 1.30. The Hall–Kier alpha value is -1.89. The average molecular weight is 322 g/mol. The van der Waals surface area contributed by atoms with E-state index in [9.17, 15) is 9.18 Å². The third-order valence-electron chi connectivity index (χ3n) is 3.03. The van der Waals surface area contributed by atoms with Gasteiger partial charge in [0, 0.05) is 13.1 Å². The fourth-order valence-corrected chi connectivity index (χ4v) is 2.73. The lowest BCUT2D eigenvalue weighted by molar-refractivity contribution is -0.120. The molecule has 0 aliphatic rings. The molecule has 0 aliphatic carbocycles. The van der Waals surface area contributed by atoms with Crippen molar-refractivity contribution in [2.75, 3.05) is 0 Å². The normalized spacial score (nSPS) is 12.5. The van der Waals surface area contributed by atoms with Crippen molar-refractivity contribution in [3.63, 3.8) is 0 Å². The van der Waals surface area contributed by atoms with Gasteiger partial charge in [-0.3, -0.25) is 4.79 Å². The fraction of sp³-hybridized carbons (Fsp3) is 0.400. The van der Waals surface area contributed by atoms with Crippen LogP contribution in [0.15, 0.2) is 29.4 Å². The fourth-order valence-electron chi connectivity index (χ4n) is 1.91. The number of rotatable bonds is 5. The smallest absolute Gasteiger partial charge is 0.233 e. The van der Waals surface area contributed by atoms with E-state index >= 15 is 0 Å². The molecule has 1 aromatic carbocycles. The Morgan fingerprint density at radius 2 is 1.95 bits per heavy atom. The molecule has 1 N–H and O–H groups in total. The second-order valence-corrected chi connectivity index (χ2v) is 6.58. The van der Waals surface area contributed by atoms with Crippen molar-refractivity contribution < 1.29 is 9.18 Å². The highest BCUT2D eigenvalue weighted by Crippen LogP contribution is 2.26. The van der Waals surface area contributed by atoms with Crippen LogP contribution >= 0.6 is 11.8 Å². The lowest BCUT2D eigenvalue weighted by Crippen LogP contribution is -2.36. The quantitative estimate of drug-likeness (QED) is 0.860. The lowest BCUT2D eigenvalue weighted by Gasteiger charge is -2.13. The Morgan fingerprint density at radius 1 is 1.27 bits per heavy atom. The summed E-state index contributed by atoms with van der Waals surface area (Å²) in [6.45, 7) is 5.63. The highest BCUT2D eigenvalue weighted by molar-refractivity contribution is 8.00. The Balaban J connectivity index is 2.18. The van der Waals surface area contributed by atoms with Crippen molar-refractivity contribution in [2.24, 2.45) is 7.05 Å². The summed E-state index contributed by atoms with van der Waals surface area (Å²) in [5.41, 5.74) is 0.392. The topological polar surface area (TPSA) is 59.8 Å². The maximum atomic E-state index is 13.8. The molecule has 0 saturated heterocycles. The minimum Gasteiger partial charge on any atom is -0.353 e. The largest absolute Gasteiger partial charge is 0.353 e. The number of hydrogen-bond acceptors (Lipinski definition) is 4. The first kappa shape index (κ1) is 16.5. The molecule has 2 aromatic rings. The van der Waals surface area contributed by atoms with E-state index in [0.29, 0.717) is 16.5 Å². The van der Waals surface area contributed by atoms with Gasteiger partial charge in [-0.2, -0.15) is 0 Å². The van der Waals surface area contributed by atoms with E-state index < -0.39 is 0 Å². The van der Waals surface area contributed by atoms with Gasteiger partial charge in [0.05, 0.1) is 10.8 Å². The Kier molecular flexibility index (Phi) is 5.18. The zero-order valence-corrected chi connectivity index (χ0v) is 13.8. The summed E-state index contributed by atoms with van der Waals surface area (Å²) in [4.78, 5) is 12.0. The number of benzene rings is 1. The zero-order chi connectivity index (χ0) is 16.3. The van der Waals surface area contributed by atoms with Crippen molar-refractivity contribution in [2.45, 2.75) is 37.2 Å². The number of nitrogens with zero attached hydrogens (tertiary/aromatic N) is 3. The third kappa shape index (κ3) is 3.65. The molecule has 118 valence electrons. The highest BCUT2D eigenvalue weighted by Gasteiger charge is 2.20. The van der Waals surface area contributed by atoms with Gasteiger partial charge < -0.3 is 9.88 Å². The second kappa shape index (κ2) is 6.91. The Bertz CT molecular complexity index is 671. The van der Waals surface area contributed by atoms with Crippen molar-refractivity contribution in [3.05, 3.63) is 30.1 Å². The van der Waals surface area contributed by atoms with E-state index in [0.717, 1.165) is 0 Å². The SMILES string of the molecule is CC(C)NC(=O)C(C)Sc1nnc(-c2ccccc2F)n1C. The number of carbonyl (C=O) groups excluding carboxylic acids is 1. The molecule has 22 heavy (non-hydrogen) atoms. The van der Waals surface area contributed by atoms with E-state index in [4.69, 9.17) is 0 Å². The molecule has 0 saturated carbocycles. The van der Waals surface area contributed by atoms with Gasteiger partial charge in [0.15, 0.2) is 11.0 Å². The molecule has 1 unspecified atom stereocenters. The van der Waals surface area contributed by atoms with Crippen LogP contribution in [0.2, 0.25) is 0 Å². The number of amides is 1. The molecule has 1 amide bonds. The molecule has 1 atom stereocenters. The first-order valence-electron chi connectivity index (χ1n) is 7.01. The molecule has 2 rings (SSSR count). The van der Waals surface area contributed by atoms with Crippen LogP contribution in [0.5, 0.6) is 0 Å². The van der Waals surface area contributed by atoms with E-state index in [1.807, 2.05) is 13.8 Å². The zero-order valence-electron chi connectivity index (χ0n) is 13.0. The minimum absolute atomic E-state index is 0.0598. The molecule has 7 heteroatoms. The van der Waals surface area contributed by atoms with Gasteiger partial charge in [0.1, 0.15) is 5.82 Å². The summed E-state index contributed by atoms with van der Waals surface area (Å²) < 4.78 is 15.5. The maximum absolute atomic E-state index is 13.8. The summed E-state index contributed by atoms with van der Waals surface area (Å²) in [5.74, 6) is 0.0349. The van der Waals surface area contributed by atoms with Crippen LogP contribution in [0.4, 0.5) is 4.39 Å². The van der Waals surface area contributed by atoms with Crippen LogP contribution < -0.4 is 5.32 Å². The number of halogens is 1. The van der Waals surface area contributed by atoms with Crippen molar-refractivity contribution in [3.8, 4) is 11.4 Å². The standard InChI is InChI=1S/C15H19FN4OS/c1-9(2)17-14(21)10(3)22-15-19-18-13(20(15)4)11-7-5-6-8-12(11)16/h5-10H,1-4H3,(H,17,21). The predicted octanol–water partition coefficient (Wildman–Crippen LogP) is 2.63.